The fourth-order valence-corrected chi connectivity index (χ4v) is 1.68. The standard InChI is InChI=1S/C13H24N4O/c1-3-7-11-16-12(14-2)10-13(17-11)15-8-5-4-6-9-18/h10,18H,3-9H2,1-2H3,(H2,14,15,16,17). The molecule has 18 heavy (non-hydrogen) atoms. The number of unbranched alkanes of at least 4 members (excludes halogenated alkanes) is 2. The molecule has 0 bridgehead atoms. The Morgan fingerprint density at radius 2 is 1.94 bits per heavy atom. The molecule has 0 fully saturated rings. The number of aliphatic hydroxyl groups is 1. The van der Waals surface area contributed by atoms with Crippen molar-refractivity contribution < 1.29 is 5.11 Å². The molecule has 102 valence electrons. The van der Waals surface area contributed by atoms with Gasteiger partial charge in [-0.3, -0.25) is 0 Å². The molecule has 1 aromatic heterocycles. The van der Waals surface area contributed by atoms with Crippen LogP contribution in [0, 0.1) is 0 Å². The summed E-state index contributed by atoms with van der Waals surface area (Å²) in [5, 5.41) is 15.1. The maximum Gasteiger partial charge on any atom is 0.133 e. The summed E-state index contributed by atoms with van der Waals surface area (Å²) in [7, 11) is 1.86. The molecule has 0 atom stereocenters. The van der Waals surface area contributed by atoms with Crippen LogP contribution in [0.1, 0.15) is 38.4 Å². The number of hydrogen-bond donors (Lipinski definition) is 3. The van der Waals surface area contributed by atoms with Crippen LogP contribution in [-0.4, -0.2) is 35.3 Å². The lowest BCUT2D eigenvalue weighted by Gasteiger charge is -2.09. The van der Waals surface area contributed by atoms with Crippen LogP contribution in [0.4, 0.5) is 11.6 Å². The molecule has 0 aromatic carbocycles. The van der Waals surface area contributed by atoms with E-state index in [4.69, 9.17) is 5.11 Å². The Kier molecular flexibility index (Phi) is 7.10. The normalized spacial score (nSPS) is 10.4. The molecule has 0 saturated heterocycles. The van der Waals surface area contributed by atoms with E-state index in [0.29, 0.717) is 0 Å². The van der Waals surface area contributed by atoms with Gasteiger partial charge in [0.05, 0.1) is 0 Å². The predicted octanol–water partition coefficient (Wildman–Crippen LogP) is 2.05. The van der Waals surface area contributed by atoms with Crippen molar-refractivity contribution >= 4 is 11.6 Å². The SMILES string of the molecule is CCCc1nc(NC)cc(NCCCCCO)n1. The van der Waals surface area contributed by atoms with Gasteiger partial charge in [-0.25, -0.2) is 9.97 Å². The van der Waals surface area contributed by atoms with Crippen molar-refractivity contribution in [2.75, 3.05) is 30.8 Å². The molecule has 3 N–H and O–H groups in total. The molecule has 0 aliphatic carbocycles. The Morgan fingerprint density at radius 1 is 1.17 bits per heavy atom. The molecule has 5 nitrogen and oxygen atoms in total. The number of anilines is 2. The van der Waals surface area contributed by atoms with Crippen molar-refractivity contribution in [3.63, 3.8) is 0 Å². The summed E-state index contributed by atoms with van der Waals surface area (Å²) in [5.74, 6) is 2.61. The molecular formula is C13H24N4O. The lowest BCUT2D eigenvalue weighted by Crippen LogP contribution is -2.08. The molecule has 0 saturated carbocycles. The first-order chi connectivity index (χ1) is 8.80. The maximum atomic E-state index is 8.70. The highest BCUT2D eigenvalue weighted by atomic mass is 16.2. The lowest BCUT2D eigenvalue weighted by molar-refractivity contribution is 0.283. The minimum Gasteiger partial charge on any atom is -0.396 e. The fraction of sp³-hybridized carbons (Fsp3) is 0.692. The van der Waals surface area contributed by atoms with E-state index in [2.05, 4.69) is 27.5 Å². The van der Waals surface area contributed by atoms with Gasteiger partial charge in [-0.15, -0.1) is 0 Å². The zero-order chi connectivity index (χ0) is 13.2. The van der Waals surface area contributed by atoms with Gasteiger partial charge in [-0.2, -0.15) is 0 Å². The third-order valence-electron chi connectivity index (χ3n) is 2.64. The quantitative estimate of drug-likeness (QED) is 0.587. The maximum absolute atomic E-state index is 8.70. The molecule has 0 unspecified atom stereocenters. The molecule has 1 aromatic rings. The van der Waals surface area contributed by atoms with E-state index in [1.807, 2.05) is 13.1 Å². The van der Waals surface area contributed by atoms with E-state index in [1.165, 1.54) is 0 Å². The summed E-state index contributed by atoms with van der Waals surface area (Å²) >= 11 is 0. The van der Waals surface area contributed by atoms with Gasteiger partial charge in [0.1, 0.15) is 17.5 Å². The first-order valence-corrected chi connectivity index (χ1v) is 6.70. The van der Waals surface area contributed by atoms with Crippen LogP contribution in [0.15, 0.2) is 6.07 Å². The van der Waals surface area contributed by atoms with E-state index in [-0.39, 0.29) is 6.61 Å². The van der Waals surface area contributed by atoms with Crippen molar-refractivity contribution in [2.45, 2.75) is 39.0 Å². The van der Waals surface area contributed by atoms with E-state index in [9.17, 15) is 0 Å². The summed E-state index contributed by atoms with van der Waals surface area (Å²) in [6, 6.07) is 1.92. The van der Waals surface area contributed by atoms with E-state index in [0.717, 1.165) is 56.1 Å². The second kappa shape index (κ2) is 8.69. The Hall–Kier alpha value is -1.36. The van der Waals surface area contributed by atoms with Crippen LogP contribution in [0.2, 0.25) is 0 Å². The van der Waals surface area contributed by atoms with Crippen molar-refractivity contribution in [1.82, 2.24) is 9.97 Å². The molecule has 0 amide bonds. The monoisotopic (exact) mass is 252 g/mol. The second-order valence-electron chi connectivity index (χ2n) is 4.27. The summed E-state index contributed by atoms with van der Waals surface area (Å²) in [6.07, 6.45) is 4.89. The van der Waals surface area contributed by atoms with E-state index in [1.54, 1.807) is 0 Å². The molecule has 1 heterocycles. The number of aliphatic hydroxyl groups excluding tert-OH is 1. The van der Waals surface area contributed by atoms with Gasteiger partial charge < -0.3 is 15.7 Å². The van der Waals surface area contributed by atoms with Crippen LogP contribution >= 0.6 is 0 Å². The lowest BCUT2D eigenvalue weighted by atomic mass is 10.2. The van der Waals surface area contributed by atoms with Gasteiger partial charge in [0, 0.05) is 32.7 Å². The number of aromatic nitrogens is 2. The average molecular weight is 252 g/mol. The topological polar surface area (TPSA) is 70.1 Å². The van der Waals surface area contributed by atoms with E-state index < -0.39 is 0 Å². The molecule has 0 aliphatic rings. The van der Waals surface area contributed by atoms with Crippen LogP contribution in [0.3, 0.4) is 0 Å². The highest BCUT2D eigenvalue weighted by Gasteiger charge is 2.02. The van der Waals surface area contributed by atoms with Gasteiger partial charge >= 0.3 is 0 Å². The highest BCUT2D eigenvalue weighted by molar-refractivity contribution is 5.47. The molecule has 5 heteroatoms. The number of rotatable bonds is 9. The average Bonchev–Trinajstić information content (AvgIpc) is 2.38. The number of nitrogens with one attached hydrogen (secondary N) is 2. The van der Waals surface area contributed by atoms with Gasteiger partial charge in [0.25, 0.3) is 0 Å². The number of hydrogen-bond acceptors (Lipinski definition) is 5. The fourth-order valence-electron chi connectivity index (χ4n) is 1.68. The van der Waals surface area contributed by atoms with Gasteiger partial charge in [-0.05, 0) is 25.7 Å². The Bertz CT molecular complexity index is 344. The zero-order valence-electron chi connectivity index (χ0n) is 11.4. The third-order valence-corrected chi connectivity index (χ3v) is 2.64. The van der Waals surface area contributed by atoms with Crippen molar-refractivity contribution in [3.05, 3.63) is 11.9 Å². The Labute approximate surface area is 109 Å². The molecule has 0 radical (unpaired) electrons. The third kappa shape index (κ3) is 5.31. The molecule has 0 aliphatic heterocycles. The smallest absolute Gasteiger partial charge is 0.133 e. The van der Waals surface area contributed by atoms with Crippen LogP contribution in [0.25, 0.3) is 0 Å². The number of nitrogens with zero attached hydrogens (tertiary/aromatic N) is 2. The summed E-state index contributed by atoms with van der Waals surface area (Å²) in [6.45, 7) is 3.28. The minimum atomic E-state index is 0.276. The molecular weight excluding hydrogens is 228 g/mol. The minimum absolute atomic E-state index is 0.276. The first kappa shape index (κ1) is 14.7. The van der Waals surface area contributed by atoms with Gasteiger partial charge in [0.15, 0.2) is 0 Å². The van der Waals surface area contributed by atoms with E-state index >= 15 is 0 Å². The largest absolute Gasteiger partial charge is 0.396 e. The van der Waals surface area contributed by atoms with Crippen molar-refractivity contribution in [3.8, 4) is 0 Å². The number of aryl methyl sites for hydroxylation is 1. The first-order valence-electron chi connectivity index (χ1n) is 6.70. The zero-order valence-corrected chi connectivity index (χ0v) is 11.4. The molecule has 0 spiro atoms. The van der Waals surface area contributed by atoms with Crippen molar-refractivity contribution in [1.29, 1.82) is 0 Å². The van der Waals surface area contributed by atoms with Gasteiger partial charge in [-0.1, -0.05) is 6.92 Å². The predicted molar refractivity (Wildman–Crippen MR) is 75.0 cm³/mol. The van der Waals surface area contributed by atoms with Gasteiger partial charge in [0.2, 0.25) is 0 Å². The Morgan fingerprint density at radius 3 is 2.61 bits per heavy atom. The van der Waals surface area contributed by atoms with Crippen LogP contribution in [-0.2, 0) is 6.42 Å². The summed E-state index contributed by atoms with van der Waals surface area (Å²) in [5.41, 5.74) is 0. The highest BCUT2D eigenvalue weighted by Crippen LogP contribution is 2.12. The Balaban J connectivity index is 2.50. The summed E-state index contributed by atoms with van der Waals surface area (Å²) in [4.78, 5) is 8.88. The summed E-state index contributed by atoms with van der Waals surface area (Å²) < 4.78 is 0. The van der Waals surface area contributed by atoms with Crippen LogP contribution in [0.5, 0.6) is 0 Å². The van der Waals surface area contributed by atoms with Crippen LogP contribution < -0.4 is 10.6 Å². The van der Waals surface area contributed by atoms with Crippen molar-refractivity contribution in [2.24, 2.45) is 0 Å². The second-order valence-corrected chi connectivity index (χ2v) is 4.27. The molecule has 1 rings (SSSR count).